The van der Waals surface area contributed by atoms with Crippen LogP contribution in [0.15, 0.2) is 60.7 Å². The van der Waals surface area contributed by atoms with Gasteiger partial charge in [-0.1, -0.05) is 60.7 Å². The van der Waals surface area contributed by atoms with Gasteiger partial charge in [0.25, 0.3) is 0 Å². The van der Waals surface area contributed by atoms with Gasteiger partial charge in [0.2, 0.25) is 0 Å². The Labute approximate surface area is 137 Å². The number of aliphatic hydroxyl groups excluding tert-OH is 2. The first kappa shape index (κ1) is 14.9. The lowest BCUT2D eigenvalue weighted by molar-refractivity contribution is 0.105. The van der Waals surface area contributed by atoms with Crippen LogP contribution in [0, 0.1) is 17.8 Å². The fourth-order valence-electron chi connectivity index (χ4n) is 5.12. The Hall–Kier alpha value is -1.64. The highest BCUT2D eigenvalue weighted by Crippen LogP contribution is 2.59. The zero-order valence-electron chi connectivity index (χ0n) is 13.3. The molecule has 0 aromatic heterocycles. The molecule has 0 heterocycles. The standard InChI is InChI=1S/C21H24O2/c22-13-14-11-17-18(12-14)21(23)20(16-9-5-2-6-10-16)19(17)15-7-3-1-4-8-15/h1-10,14,17-23H,11-13H2/t14-,17+,18-,19+,20+,21-/m0/s1. The summed E-state index contributed by atoms with van der Waals surface area (Å²) in [7, 11) is 0. The van der Waals surface area contributed by atoms with Crippen LogP contribution in [0.5, 0.6) is 0 Å². The molecule has 2 aromatic carbocycles. The van der Waals surface area contributed by atoms with Crippen molar-refractivity contribution < 1.29 is 10.2 Å². The van der Waals surface area contributed by atoms with Crippen LogP contribution in [0.4, 0.5) is 0 Å². The Kier molecular flexibility index (Phi) is 3.96. The van der Waals surface area contributed by atoms with Gasteiger partial charge in [-0.2, -0.15) is 0 Å². The SMILES string of the molecule is OC[C@@H]1C[C@@H]2[C@H](O)[C@H](c3ccccc3)[C@H](c3ccccc3)[C@@H]2C1. The highest BCUT2D eigenvalue weighted by atomic mass is 16.3. The summed E-state index contributed by atoms with van der Waals surface area (Å²) in [5.41, 5.74) is 2.57. The third kappa shape index (κ3) is 2.50. The van der Waals surface area contributed by atoms with Crippen molar-refractivity contribution >= 4 is 0 Å². The van der Waals surface area contributed by atoms with E-state index in [2.05, 4.69) is 54.6 Å². The molecule has 2 heteroatoms. The van der Waals surface area contributed by atoms with Gasteiger partial charge in [0, 0.05) is 12.5 Å². The second-order valence-corrected chi connectivity index (χ2v) is 7.21. The molecule has 2 nitrogen and oxygen atoms in total. The first-order valence-electron chi connectivity index (χ1n) is 8.68. The van der Waals surface area contributed by atoms with Crippen LogP contribution in [0.2, 0.25) is 0 Å². The Morgan fingerprint density at radius 3 is 1.83 bits per heavy atom. The molecule has 2 N–H and O–H groups in total. The molecule has 0 radical (unpaired) electrons. The predicted octanol–water partition coefficient (Wildman–Crippen LogP) is 3.56. The molecule has 2 aliphatic carbocycles. The molecular weight excluding hydrogens is 284 g/mol. The number of rotatable bonds is 3. The van der Waals surface area contributed by atoms with E-state index in [0.29, 0.717) is 23.7 Å². The van der Waals surface area contributed by atoms with Crippen LogP contribution >= 0.6 is 0 Å². The molecular formula is C21H24O2. The van der Waals surface area contributed by atoms with E-state index in [9.17, 15) is 10.2 Å². The van der Waals surface area contributed by atoms with Crippen LogP contribution in [-0.2, 0) is 0 Å². The number of hydrogen-bond acceptors (Lipinski definition) is 2. The Bertz CT molecular complexity index is 639. The second kappa shape index (κ2) is 6.10. The quantitative estimate of drug-likeness (QED) is 0.910. The van der Waals surface area contributed by atoms with Gasteiger partial charge in [0.05, 0.1) is 6.10 Å². The molecule has 2 saturated carbocycles. The van der Waals surface area contributed by atoms with Crippen LogP contribution in [0.3, 0.4) is 0 Å². The normalized spacial score (nSPS) is 36.1. The van der Waals surface area contributed by atoms with Gasteiger partial charge in [0.1, 0.15) is 0 Å². The largest absolute Gasteiger partial charge is 0.396 e. The molecule has 23 heavy (non-hydrogen) atoms. The summed E-state index contributed by atoms with van der Waals surface area (Å²) in [4.78, 5) is 0. The van der Waals surface area contributed by atoms with Crippen molar-refractivity contribution in [3.63, 3.8) is 0 Å². The summed E-state index contributed by atoms with van der Waals surface area (Å²) in [5, 5.41) is 20.6. The molecule has 0 unspecified atom stereocenters. The van der Waals surface area contributed by atoms with Crippen molar-refractivity contribution in [2.24, 2.45) is 17.8 Å². The van der Waals surface area contributed by atoms with Gasteiger partial charge < -0.3 is 10.2 Å². The number of benzene rings is 2. The molecule has 0 saturated heterocycles. The minimum Gasteiger partial charge on any atom is -0.396 e. The minimum atomic E-state index is -0.316. The van der Waals surface area contributed by atoms with E-state index in [4.69, 9.17) is 0 Å². The number of aliphatic hydroxyl groups is 2. The maximum Gasteiger partial charge on any atom is 0.0645 e. The first-order chi connectivity index (χ1) is 11.3. The fraction of sp³-hybridized carbons (Fsp3) is 0.429. The maximum atomic E-state index is 11.1. The van der Waals surface area contributed by atoms with Gasteiger partial charge in [-0.25, -0.2) is 0 Å². The highest BCUT2D eigenvalue weighted by molar-refractivity contribution is 5.34. The summed E-state index contributed by atoms with van der Waals surface area (Å²) in [5.74, 6) is 1.63. The van der Waals surface area contributed by atoms with Crippen molar-refractivity contribution in [2.75, 3.05) is 6.61 Å². The van der Waals surface area contributed by atoms with Crippen molar-refractivity contribution in [3.8, 4) is 0 Å². The van der Waals surface area contributed by atoms with Gasteiger partial charge in [-0.15, -0.1) is 0 Å². The summed E-state index contributed by atoms with van der Waals surface area (Å²) in [6.45, 7) is 0.247. The molecule has 120 valence electrons. The zero-order valence-corrected chi connectivity index (χ0v) is 13.3. The summed E-state index contributed by atoms with van der Waals surface area (Å²) < 4.78 is 0. The molecule has 4 rings (SSSR count). The van der Waals surface area contributed by atoms with Crippen molar-refractivity contribution in [2.45, 2.75) is 30.8 Å². The number of fused-ring (bicyclic) bond motifs is 1. The molecule has 6 atom stereocenters. The van der Waals surface area contributed by atoms with Gasteiger partial charge in [-0.3, -0.25) is 0 Å². The molecule has 2 aromatic rings. The van der Waals surface area contributed by atoms with E-state index in [1.54, 1.807) is 0 Å². The lowest BCUT2D eigenvalue weighted by atomic mass is 9.78. The minimum absolute atomic E-state index is 0.160. The fourth-order valence-corrected chi connectivity index (χ4v) is 5.12. The average molecular weight is 308 g/mol. The smallest absolute Gasteiger partial charge is 0.0645 e. The third-order valence-corrected chi connectivity index (χ3v) is 6.04. The van der Waals surface area contributed by atoms with Crippen molar-refractivity contribution in [1.82, 2.24) is 0 Å². The summed E-state index contributed by atoms with van der Waals surface area (Å²) >= 11 is 0. The van der Waals surface area contributed by atoms with E-state index in [1.807, 2.05) is 6.07 Å². The Balaban J connectivity index is 1.76. The van der Waals surface area contributed by atoms with E-state index in [0.717, 1.165) is 12.8 Å². The van der Waals surface area contributed by atoms with E-state index >= 15 is 0 Å². The van der Waals surface area contributed by atoms with Crippen LogP contribution in [-0.4, -0.2) is 22.9 Å². The molecule has 0 bridgehead atoms. The molecule has 2 fully saturated rings. The highest BCUT2D eigenvalue weighted by Gasteiger charge is 2.54. The molecule has 0 spiro atoms. The van der Waals surface area contributed by atoms with Crippen LogP contribution in [0.25, 0.3) is 0 Å². The maximum absolute atomic E-state index is 11.1. The van der Waals surface area contributed by atoms with Crippen LogP contribution < -0.4 is 0 Å². The van der Waals surface area contributed by atoms with Gasteiger partial charge >= 0.3 is 0 Å². The van der Waals surface area contributed by atoms with E-state index < -0.39 is 0 Å². The summed E-state index contributed by atoms with van der Waals surface area (Å²) in [6.07, 6.45) is 1.67. The zero-order chi connectivity index (χ0) is 15.8. The lowest BCUT2D eigenvalue weighted by Crippen LogP contribution is -2.22. The van der Waals surface area contributed by atoms with Gasteiger partial charge in [-0.05, 0) is 47.6 Å². The Morgan fingerprint density at radius 2 is 1.26 bits per heavy atom. The van der Waals surface area contributed by atoms with E-state index in [1.165, 1.54) is 11.1 Å². The molecule has 0 amide bonds. The summed E-state index contributed by atoms with van der Waals surface area (Å²) in [6, 6.07) is 21.1. The van der Waals surface area contributed by atoms with Crippen molar-refractivity contribution in [1.29, 1.82) is 0 Å². The predicted molar refractivity (Wildman–Crippen MR) is 91.2 cm³/mol. The van der Waals surface area contributed by atoms with Crippen molar-refractivity contribution in [3.05, 3.63) is 71.8 Å². The van der Waals surface area contributed by atoms with Gasteiger partial charge in [0.15, 0.2) is 0 Å². The molecule has 0 aliphatic heterocycles. The van der Waals surface area contributed by atoms with Crippen LogP contribution in [0.1, 0.15) is 35.8 Å². The Morgan fingerprint density at radius 1 is 0.739 bits per heavy atom. The second-order valence-electron chi connectivity index (χ2n) is 7.21. The third-order valence-electron chi connectivity index (χ3n) is 6.04. The first-order valence-corrected chi connectivity index (χ1v) is 8.68. The van der Waals surface area contributed by atoms with E-state index in [-0.39, 0.29) is 18.6 Å². The topological polar surface area (TPSA) is 40.5 Å². The number of hydrogen-bond donors (Lipinski definition) is 2. The monoisotopic (exact) mass is 308 g/mol. The molecule has 2 aliphatic rings. The lowest BCUT2D eigenvalue weighted by Gasteiger charge is -2.27. The average Bonchev–Trinajstić information content (AvgIpc) is 3.14.